The van der Waals surface area contributed by atoms with Crippen LogP contribution >= 0.6 is 0 Å². The number of para-hydroxylation sites is 1. The zero-order valence-corrected chi connectivity index (χ0v) is 18.9. The molecular formula is C25H35N5O. The fraction of sp³-hybridized carbons (Fsp3) is 0.560. The lowest BCUT2D eigenvalue weighted by atomic mass is 10.1. The predicted molar refractivity (Wildman–Crippen MR) is 125 cm³/mol. The molecule has 0 atom stereocenters. The average Bonchev–Trinajstić information content (AvgIpc) is 3.57. The smallest absolute Gasteiger partial charge is 0.227 e. The lowest BCUT2D eigenvalue weighted by molar-refractivity contribution is -0.119. The van der Waals surface area contributed by atoms with Gasteiger partial charge in [0.25, 0.3) is 0 Å². The van der Waals surface area contributed by atoms with Crippen LogP contribution in [0.1, 0.15) is 45.1 Å². The SMILES string of the molecule is CC(C)CC(=O)N1CCCN(c2ncccn2)CCN(CC2CC2)Cc2ccccc21. The molecule has 0 unspecified atom stereocenters. The Morgan fingerprint density at radius 2 is 1.81 bits per heavy atom. The Labute approximate surface area is 186 Å². The summed E-state index contributed by atoms with van der Waals surface area (Å²) >= 11 is 0. The monoisotopic (exact) mass is 421 g/mol. The minimum Gasteiger partial charge on any atom is -0.339 e. The summed E-state index contributed by atoms with van der Waals surface area (Å²) in [5.41, 5.74) is 2.34. The van der Waals surface area contributed by atoms with Gasteiger partial charge in [0.15, 0.2) is 0 Å². The maximum atomic E-state index is 13.2. The third-order valence-corrected chi connectivity index (χ3v) is 6.10. The number of aromatic nitrogens is 2. The minimum atomic E-state index is 0.220. The summed E-state index contributed by atoms with van der Waals surface area (Å²) in [6.45, 7) is 9.66. The number of hydrogen-bond donors (Lipinski definition) is 0. The molecule has 2 aliphatic rings. The zero-order chi connectivity index (χ0) is 21.6. The molecule has 0 N–H and O–H groups in total. The summed E-state index contributed by atoms with van der Waals surface area (Å²) in [7, 11) is 0. The summed E-state index contributed by atoms with van der Waals surface area (Å²) in [5.74, 6) is 2.17. The van der Waals surface area contributed by atoms with E-state index >= 15 is 0 Å². The third kappa shape index (κ3) is 6.03. The van der Waals surface area contributed by atoms with Crippen molar-refractivity contribution in [2.45, 2.75) is 46.1 Å². The molecule has 2 heterocycles. The molecule has 1 aromatic carbocycles. The molecule has 0 radical (unpaired) electrons. The maximum absolute atomic E-state index is 13.2. The second kappa shape index (κ2) is 10.2. The van der Waals surface area contributed by atoms with E-state index in [1.165, 1.54) is 18.4 Å². The molecule has 6 nitrogen and oxygen atoms in total. The molecule has 0 saturated heterocycles. The van der Waals surface area contributed by atoms with Crippen molar-refractivity contribution in [2.24, 2.45) is 11.8 Å². The van der Waals surface area contributed by atoms with Crippen molar-refractivity contribution in [3.05, 3.63) is 48.3 Å². The zero-order valence-electron chi connectivity index (χ0n) is 18.9. The second-order valence-corrected chi connectivity index (χ2v) is 9.34. The van der Waals surface area contributed by atoms with Crippen molar-refractivity contribution >= 4 is 17.5 Å². The molecule has 0 spiro atoms. The van der Waals surface area contributed by atoms with Gasteiger partial charge in [-0.25, -0.2) is 9.97 Å². The van der Waals surface area contributed by atoms with Crippen LogP contribution in [0.15, 0.2) is 42.7 Å². The molecule has 0 bridgehead atoms. The van der Waals surface area contributed by atoms with Crippen LogP contribution in [0.2, 0.25) is 0 Å². The predicted octanol–water partition coefficient (Wildman–Crippen LogP) is 3.98. The first-order valence-electron chi connectivity index (χ1n) is 11.7. The number of benzene rings is 1. The van der Waals surface area contributed by atoms with E-state index in [0.717, 1.165) is 56.7 Å². The minimum absolute atomic E-state index is 0.220. The van der Waals surface area contributed by atoms with Crippen molar-refractivity contribution in [1.82, 2.24) is 14.9 Å². The van der Waals surface area contributed by atoms with Crippen LogP contribution in [0, 0.1) is 11.8 Å². The largest absolute Gasteiger partial charge is 0.339 e. The van der Waals surface area contributed by atoms with Crippen LogP contribution in [0.5, 0.6) is 0 Å². The molecule has 4 rings (SSSR count). The summed E-state index contributed by atoms with van der Waals surface area (Å²) in [5, 5.41) is 0. The Hall–Kier alpha value is -2.47. The quantitative estimate of drug-likeness (QED) is 0.731. The van der Waals surface area contributed by atoms with Crippen LogP contribution in [0.4, 0.5) is 11.6 Å². The highest BCUT2D eigenvalue weighted by molar-refractivity contribution is 5.94. The van der Waals surface area contributed by atoms with E-state index in [2.05, 4.69) is 57.9 Å². The Morgan fingerprint density at radius 3 is 2.55 bits per heavy atom. The van der Waals surface area contributed by atoms with E-state index in [9.17, 15) is 4.79 Å². The molecular weight excluding hydrogens is 386 g/mol. The molecule has 1 aromatic heterocycles. The van der Waals surface area contributed by atoms with Crippen LogP contribution in [0.25, 0.3) is 0 Å². The van der Waals surface area contributed by atoms with Gasteiger partial charge in [0.2, 0.25) is 11.9 Å². The molecule has 2 aromatic rings. The van der Waals surface area contributed by atoms with Crippen molar-refractivity contribution < 1.29 is 4.79 Å². The number of amides is 1. The van der Waals surface area contributed by atoms with E-state index in [-0.39, 0.29) is 5.91 Å². The highest BCUT2D eigenvalue weighted by atomic mass is 16.2. The van der Waals surface area contributed by atoms with Gasteiger partial charge in [0.05, 0.1) is 0 Å². The number of nitrogens with zero attached hydrogens (tertiary/aromatic N) is 5. The summed E-state index contributed by atoms with van der Waals surface area (Å²) in [6, 6.07) is 10.3. The summed E-state index contributed by atoms with van der Waals surface area (Å²) in [4.78, 5) is 29.1. The number of fused-ring (bicyclic) bond motifs is 1. The number of carbonyl (C=O) groups excluding carboxylic acids is 1. The Balaban J connectivity index is 1.62. The van der Waals surface area contributed by atoms with Crippen LogP contribution in [-0.2, 0) is 11.3 Å². The molecule has 1 aliphatic heterocycles. The molecule has 1 saturated carbocycles. The Morgan fingerprint density at radius 1 is 1.03 bits per heavy atom. The first kappa shape index (κ1) is 21.8. The van der Waals surface area contributed by atoms with E-state index < -0.39 is 0 Å². The van der Waals surface area contributed by atoms with Gasteiger partial charge in [-0.3, -0.25) is 9.69 Å². The number of rotatable bonds is 5. The van der Waals surface area contributed by atoms with Crippen molar-refractivity contribution in [1.29, 1.82) is 0 Å². The van der Waals surface area contributed by atoms with E-state index in [4.69, 9.17) is 0 Å². The molecule has 31 heavy (non-hydrogen) atoms. The normalized spacial score (nSPS) is 18.5. The highest BCUT2D eigenvalue weighted by Gasteiger charge is 2.27. The van der Waals surface area contributed by atoms with Gasteiger partial charge < -0.3 is 9.80 Å². The number of anilines is 2. The standard InChI is InChI=1S/C25H35N5O/c1-20(2)17-24(31)30-14-6-13-29(25-26-11-5-12-27-25)16-15-28(18-21-9-10-21)19-22-7-3-4-8-23(22)30/h3-5,7-8,11-12,20-21H,6,9-10,13-19H2,1-2H3. The van der Waals surface area contributed by atoms with E-state index in [1.807, 2.05) is 23.4 Å². The Bertz CT molecular complexity index is 852. The van der Waals surface area contributed by atoms with Crippen LogP contribution < -0.4 is 9.80 Å². The van der Waals surface area contributed by atoms with Gasteiger partial charge in [-0.2, -0.15) is 0 Å². The van der Waals surface area contributed by atoms with Gasteiger partial charge in [-0.05, 0) is 48.8 Å². The maximum Gasteiger partial charge on any atom is 0.227 e. The van der Waals surface area contributed by atoms with E-state index in [0.29, 0.717) is 18.9 Å². The van der Waals surface area contributed by atoms with Crippen molar-refractivity contribution in [2.75, 3.05) is 42.5 Å². The molecule has 1 fully saturated rings. The van der Waals surface area contributed by atoms with Gasteiger partial charge in [0.1, 0.15) is 0 Å². The van der Waals surface area contributed by atoms with Gasteiger partial charge in [-0.1, -0.05) is 32.0 Å². The fourth-order valence-electron chi connectivity index (χ4n) is 4.34. The summed E-state index contributed by atoms with van der Waals surface area (Å²) in [6.07, 6.45) is 7.75. The van der Waals surface area contributed by atoms with Gasteiger partial charge >= 0.3 is 0 Å². The molecule has 1 amide bonds. The summed E-state index contributed by atoms with van der Waals surface area (Å²) < 4.78 is 0. The lowest BCUT2D eigenvalue weighted by Gasteiger charge is -2.28. The fourth-order valence-corrected chi connectivity index (χ4v) is 4.34. The lowest BCUT2D eigenvalue weighted by Crippen LogP contribution is -2.37. The van der Waals surface area contributed by atoms with Crippen molar-refractivity contribution in [3.63, 3.8) is 0 Å². The van der Waals surface area contributed by atoms with Gasteiger partial charge in [0, 0.05) is 63.8 Å². The first-order chi connectivity index (χ1) is 15.1. The third-order valence-electron chi connectivity index (χ3n) is 6.10. The highest BCUT2D eigenvalue weighted by Crippen LogP contribution is 2.31. The molecule has 6 heteroatoms. The topological polar surface area (TPSA) is 52.6 Å². The van der Waals surface area contributed by atoms with Crippen LogP contribution in [0.3, 0.4) is 0 Å². The second-order valence-electron chi connectivity index (χ2n) is 9.34. The van der Waals surface area contributed by atoms with Crippen LogP contribution in [-0.4, -0.2) is 53.5 Å². The van der Waals surface area contributed by atoms with E-state index in [1.54, 1.807) is 0 Å². The number of carbonyl (C=O) groups is 1. The van der Waals surface area contributed by atoms with Gasteiger partial charge in [-0.15, -0.1) is 0 Å². The Kier molecular flexibility index (Phi) is 7.17. The number of hydrogen-bond acceptors (Lipinski definition) is 5. The van der Waals surface area contributed by atoms with Crippen molar-refractivity contribution in [3.8, 4) is 0 Å². The molecule has 166 valence electrons. The average molecular weight is 422 g/mol. The first-order valence-corrected chi connectivity index (χ1v) is 11.7. The molecule has 1 aliphatic carbocycles.